The van der Waals surface area contributed by atoms with Crippen molar-refractivity contribution in [2.24, 2.45) is 5.73 Å². The fourth-order valence-corrected chi connectivity index (χ4v) is 1.82. The van der Waals surface area contributed by atoms with Gasteiger partial charge in [-0.1, -0.05) is 0 Å². The van der Waals surface area contributed by atoms with Crippen molar-refractivity contribution in [3.63, 3.8) is 0 Å². The van der Waals surface area contributed by atoms with Crippen molar-refractivity contribution in [2.45, 2.75) is 6.04 Å². The first-order valence-electron chi connectivity index (χ1n) is 6.23. The zero-order chi connectivity index (χ0) is 14.4. The normalized spacial score (nSPS) is 12.1. The molecule has 1 aromatic carbocycles. The van der Waals surface area contributed by atoms with Crippen molar-refractivity contribution in [3.05, 3.63) is 29.8 Å². The molecule has 1 amide bonds. The van der Waals surface area contributed by atoms with Gasteiger partial charge in [0.05, 0.1) is 6.61 Å². The van der Waals surface area contributed by atoms with Gasteiger partial charge >= 0.3 is 0 Å². The quantitative estimate of drug-likeness (QED) is 0.826. The Kier molecular flexibility index (Phi) is 5.79. The van der Waals surface area contributed by atoms with Crippen LogP contribution in [0.2, 0.25) is 0 Å². The van der Waals surface area contributed by atoms with Crippen molar-refractivity contribution in [1.29, 1.82) is 0 Å². The lowest BCUT2D eigenvalue weighted by molar-refractivity contribution is 0.0764. The van der Waals surface area contributed by atoms with Gasteiger partial charge in [0, 0.05) is 52.1 Å². The van der Waals surface area contributed by atoms with Gasteiger partial charge < -0.3 is 20.3 Å². The molecule has 19 heavy (non-hydrogen) atoms. The largest absolute Gasteiger partial charge is 0.383 e. The van der Waals surface area contributed by atoms with E-state index in [4.69, 9.17) is 10.5 Å². The molecule has 1 unspecified atom stereocenters. The molecule has 0 heterocycles. The van der Waals surface area contributed by atoms with Gasteiger partial charge in [0.1, 0.15) is 0 Å². The van der Waals surface area contributed by atoms with Crippen molar-refractivity contribution in [1.82, 2.24) is 4.90 Å². The number of methoxy groups -OCH3 is 1. The lowest BCUT2D eigenvalue weighted by atomic mass is 10.1. The summed E-state index contributed by atoms with van der Waals surface area (Å²) in [6.07, 6.45) is 0. The van der Waals surface area contributed by atoms with Crippen LogP contribution >= 0.6 is 0 Å². The number of hydrogen-bond acceptors (Lipinski definition) is 4. The molecule has 5 nitrogen and oxygen atoms in total. The zero-order valence-electron chi connectivity index (χ0n) is 12.1. The summed E-state index contributed by atoms with van der Waals surface area (Å²) in [5.41, 5.74) is 7.57. The minimum atomic E-state index is -0.167. The highest BCUT2D eigenvalue weighted by Crippen LogP contribution is 2.13. The SMILES string of the molecule is COCC(N)CN(C)C(=O)c1ccc(N(C)C)cc1. The molecule has 2 N–H and O–H groups in total. The molecule has 1 rings (SSSR count). The molecule has 0 aliphatic rings. The average molecular weight is 265 g/mol. The first-order valence-corrected chi connectivity index (χ1v) is 6.23. The Morgan fingerprint density at radius 1 is 1.26 bits per heavy atom. The molecule has 0 aromatic heterocycles. The Morgan fingerprint density at radius 2 is 1.84 bits per heavy atom. The van der Waals surface area contributed by atoms with Crippen LogP contribution in [0.5, 0.6) is 0 Å². The number of hydrogen-bond donors (Lipinski definition) is 1. The minimum Gasteiger partial charge on any atom is -0.383 e. The molecule has 0 bridgehead atoms. The van der Waals surface area contributed by atoms with E-state index in [1.807, 2.05) is 43.3 Å². The van der Waals surface area contributed by atoms with Crippen LogP contribution in [-0.2, 0) is 4.74 Å². The van der Waals surface area contributed by atoms with E-state index >= 15 is 0 Å². The third kappa shape index (κ3) is 4.54. The molecule has 0 fully saturated rings. The number of benzene rings is 1. The predicted octanol–water partition coefficient (Wildman–Crippen LogP) is 0.798. The number of ether oxygens (including phenoxy) is 1. The zero-order valence-corrected chi connectivity index (χ0v) is 12.1. The van der Waals surface area contributed by atoms with Crippen LogP contribution in [0.1, 0.15) is 10.4 Å². The summed E-state index contributed by atoms with van der Waals surface area (Å²) in [6.45, 7) is 0.916. The molecule has 5 heteroatoms. The number of amides is 1. The molecule has 0 saturated heterocycles. The highest BCUT2D eigenvalue weighted by molar-refractivity contribution is 5.94. The van der Waals surface area contributed by atoms with Crippen LogP contribution in [-0.4, -0.2) is 58.3 Å². The molecule has 0 aliphatic carbocycles. The standard InChI is InChI=1S/C14H23N3O2/c1-16(2)13-7-5-11(6-8-13)14(18)17(3)9-12(15)10-19-4/h5-8,12H,9-10,15H2,1-4H3. The monoisotopic (exact) mass is 265 g/mol. The Hall–Kier alpha value is -1.59. The van der Waals surface area contributed by atoms with E-state index < -0.39 is 0 Å². The number of anilines is 1. The molecule has 0 aliphatic heterocycles. The van der Waals surface area contributed by atoms with Gasteiger partial charge in [0.25, 0.3) is 5.91 Å². The van der Waals surface area contributed by atoms with Crippen LogP contribution in [0, 0.1) is 0 Å². The number of likely N-dealkylation sites (N-methyl/N-ethyl adjacent to an activating group) is 1. The van der Waals surface area contributed by atoms with E-state index in [1.54, 1.807) is 19.1 Å². The van der Waals surface area contributed by atoms with Gasteiger partial charge in [-0.25, -0.2) is 0 Å². The highest BCUT2D eigenvalue weighted by Gasteiger charge is 2.14. The van der Waals surface area contributed by atoms with E-state index in [9.17, 15) is 4.79 Å². The van der Waals surface area contributed by atoms with Crippen LogP contribution in [0.15, 0.2) is 24.3 Å². The summed E-state index contributed by atoms with van der Waals surface area (Å²) < 4.78 is 4.96. The van der Waals surface area contributed by atoms with E-state index in [-0.39, 0.29) is 11.9 Å². The van der Waals surface area contributed by atoms with Crippen molar-refractivity contribution < 1.29 is 9.53 Å². The number of carbonyl (C=O) groups is 1. The van der Waals surface area contributed by atoms with Gasteiger partial charge in [-0.3, -0.25) is 4.79 Å². The molecule has 0 spiro atoms. The van der Waals surface area contributed by atoms with E-state index in [2.05, 4.69) is 0 Å². The van der Waals surface area contributed by atoms with E-state index in [0.29, 0.717) is 18.7 Å². The molecule has 106 valence electrons. The fourth-order valence-electron chi connectivity index (χ4n) is 1.82. The average Bonchev–Trinajstić information content (AvgIpc) is 2.38. The molecule has 0 saturated carbocycles. The van der Waals surface area contributed by atoms with Crippen LogP contribution < -0.4 is 10.6 Å². The van der Waals surface area contributed by atoms with Crippen LogP contribution in [0.4, 0.5) is 5.69 Å². The summed E-state index contributed by atoms with van der Waals surface area (Å²) in [7, 11) is 7.28. The van der Waals surface area contributed by atoms with E-state index in [0.717, 1.165) is 5.69 Å². The summed E-state index contributed by atoms with van der Waals surface area (Å²) in [5.74, 6) is -0.0307. The maximum atomic E-state index is 12.2. The Bertz CT molecular complexity index is 404. The number of carbonyl (C=O) groups excluding carboxylic acids is 1. The third-order valence-electron chi connectivity index (χ3n) is 2.87. The molecule has 1 atom stereocenters. The van der Waals surface area contributed by atoms with Gasteiger partial charge in [0.2, 0.25) is 0 Å². The topological polar surface area (TPSA) is 58.8 Å². The first kappa shape index (κ1) is 15.5. The number of rotatable bonds is 6. The molecule has 0 radical (unpaired) electrons. The Balaban J connectivity index is 2.66. The lowest BCUT2D eigenvalue weighted by Gasteiger charge is -2.21. The molecular formula is C14H23N3O2. The maximum Gasteiger partial charge on any atom is 0.253 e. The number of nitrogens with two attached hydrogens (primary N) is 1. The van der Waals surface area contributed by atoms with Gasteiger partial charge in [0.15, 0.2) is 0 Å². The second kappa shape index (κ2) is 7.11. The second-order valence-electron chi connectivity index (χ2n) is 4.84. The van der Waals surface area contributed by atoms with Gasteiger partial charge in [-0.2, -0.15) is 0 Å². The van der Waals surface area contributed by atoms with Gasteiger partial charge in [-0.05, 0) is 24.3 Å². The molecule has 1 aromatic rings. The minimum absolute atomic E-state index is 0.0307. The summed E-state index contributed by atoms with van der Waals surface area (Å²) in [5, 5.41) is 0. The lowest BCUT2D eigenvalue weighted by Crippen LogP contribution is -2.41. The Labute approximate surface area is 114 Å². The summed E-state index contributed by atoms with van der Waals surface area (Å²) in [4.78, 5) is 15.8. The summed E-state index contributed by atoms with van der Waals surface area (Å²) >= 11 is 0. The first-order chi connectivity index (χ1) is 8.95. The second-order valence-corrected chi connectivity index (χ2v) is 4.84. The smallest absolute Gasteiger partial charge is 0.253 e. The van der Waals surface area contributed by atoms with Crippen molar-refractivity contribution >= 4 is 11.6 Å². The van der Waals surface area contributed by atoms with Crippen LogP contribution in [0.3, 0.4) is 0 Å². The fraction of sp³-hybridized carbons (Fsp3) is 0.500. The van der Waals surface area contributed by atoms with Crippen molar-refractivity contribution in [3.8, 4) is 0 Å². The van der Waals surface area contributed by atoms with E-state index in [1.165, 1.54) is 0 Å². The third-order valence-corrected chi connectivity index (χ3v) is 2.87. The van der Waals surface area contributed by atoms with Gasteiger partial charge in [-0.15, -0.1) is 0 Å². The highest BCUT2D eigenvalue weighted by atomic mass is 16.5. The number of nitrogens with zero attached hydrogens (tertiary/aromatic N) is 2. The molecular weight excluding hydrogens is 242 g/mol. The Morgan fingerprint density at radius 3 is 2.32 bits per heavy atom. The maximum absolute atomic E-state index is 12.2. The predicted molar refractivity (Wildman–Crippen MR) is 77.6 cm³/mol. The van der Waals surface area contributed by atoms with Crippen LogP contribution in [0.25, 0.3) is 0 Å². The van der Waals surface area contributed by atoms with Crippen molar-refractivity contribution in [2.75, 3.05) is 46.3 Å². The summed E-state index contributed by atoms with van der Waals surface area (Å²) in [6, 6.07) is 7.35.